The van der Waals surface area contributed by atoms with Gasteiger partial charge in [0.2, 0.25) is 0 Å². The second-order valence-electron chi connectivity index (χ2n) is 8.17. The van der Waals surface area contributed by atoms with Crippen molar-refractivity contribution in [3.63, 3.8) is 0 Å². The van der Waals surface area contributed by atoms with Gasteiger partial charge in [0, 0.05) is 31.6 Å². The molecule has 1 saturated carbocycles. The van der Waals surface area contributed by atoms with Crippen molar-refractivity contribution in [2.45, 2.75) is 51.0 Å². The summed E-state index contributed by atoms with van der Waals surface area (Å²) in [6.07, 6.45) is 4.67. The molecule has 25 heavy (non-hydrogen) atoms. The van der Waals surface area contributed by atoms with E-state index < -0.39 is 0 Å². The standard InChI is InChI=1S/C21H28N2O2/c1-3-15-10-14-11-21(25-2)19(15)22(12-14)9-8-17-16-6-4-5-7-18(16)23(13-24)20(17)21/h4-7,14-15,19,24H,3,8-13H2,1-2H3/t14-,15+,19+,21+/m1/s1. The Kier molecular flexibility index (Phi) is 3.53. The summed E-state index contributed by atoms with van der Waals surface area (Å²) in [6.45, 7) is 4.67. The van der Waals surface area contributed by atoms with Crippen LogP contribution in [-0.2, 0) is 23.5 Å². The van der Waals surface area contributed by atoms with Crippen LogP contribution in [0.3, 0.4) is 0 Å². The molecule has 2 aromatic rings. The van der Waals surface area contributed by atoms with Gasteiger partial charge in [-0.2, -0.15) is 0 Å². The smallest absolute Gasteiger partial charge is 0.124 e. The number of aliphatic hydroxyl groups is 1. The summed E-state index contributed by atoms with van der Waals surface area (Å²) in [5.41, 5.74) is 3.52. The SMILES string of the molecule is CC[C@H]1C[C@H]2C[N@]3CCc4c(n(CO)c5ccccc45)[C@](OC)(C2)[C@H]13. The number of nitrogens with zero attached hydrogens (tertiary/aromatic N) is 2. The van der Waals surface area contributed by atoms with E-state index in [9.17, 15) is 5.11 Å². The number of aromatic nitrogens is 1. The lowest BCUT2D eigenvalue weighted by Gasteiger charge is -2.58. The molecule has 1 N–H and O–H groups in total. The quantitative estimate of drug-likeness (QED) is 0.933. The predicted molar refractivity (Wildman–Crippen MR) is 98.4 cm³/mol. The molecule has 1 aromatic carbocycles. The van der Waals surface area contributed by atoms with E-state index in [0.717, 1.165) is 24.9 Å². The van der Waals surface area contributed by atoms with Gasteiger partial charge >= 0.3 is 0 Å². The molecule has 5 atom stereocenters. The summed E-state index contributed by atoms with van der Waals surface area (Å²) < 4.78 is 8.55. The van der Waals surface area contributed by atoms with Gasteiger partial charge in [-0.1, -0.05) is 31.5 Å². The molecular formula is C21H28N2O2. The van der Waals surface area contributed by atoms with Crippen LogP contribution >= 0.6 is 0 Å². The highest BCUT2D eigenvalue weighted by molar-refractivity contribution is 5.86. The average molecular weight is 340 g/mol. The molecule has 0 amide bonds. The Hall–Kier alpha value is -1.36. The Morgan fingerprint density at radius 2 is 2.16 bits per heavy atom. The minimum absolute atomic E-state index is 0.0230. The van der Waals surface area contributed by atoms with Crippen LogP contribution in [-0.4, -0.2) is 40.8 Å². The first kappa shape index (κ1) is 15.9. The van der Waals surface area contributed by atoms with Crippen LogP contribution in [0.2, 0.25) is 0 Å². The molecule has 4 nitrogen and oxygen atoms in total. The maximum atomic E-state index is 10.3. The van der Waals surface area contributed by atoms with E-state index in [4.69, 9.17) is 4.74 Å². The zero-order valence-corrected chi connectivity index (χ0v) is 15.2. The van der Waals surface area contributed by atoms with Gasteiger partial charge in [0.25, 0.3) is 0 Å². The van der Waals surface area contributed by atoms with Crippen molar-refractivity contribution in [2.24, 2.45) is 11.8 Å². The van der Waals surface area contributed by atoms with Crippen LogP contribution in [0, 0.1) is 11.8 Å². The largest absolute Gasteiger partial charge is 0.376 e. The first-order chi connectivity index (χ1) is 12.2. The highest BCUT2D eigenvalue weighted by Crippen LogP contribution is 2.55. The number of benzene rings is 1. The molecule has 4 aliphatic rings. The van der Waals surface area contributed by atoms with Crippen LogP contribution in [0.15, 0.2) is 24.3 Å². The fourth-order valence-electron chi connectivity index (χ4n) is 6.42. The van der Waals surface area contributed by atoms with Gasteiger partial charge in [-0.15, -0.1) is 0 Å². The van der Waals surface area contributed by atoms with Gasteiger partial charge in [0.15, 0.2) is 0 Å². The molecule has 1 aliphatic carbocycles. The van der Waals surface area contributed by atoms with E-state index in [2.05, 4.69) is 40.7 Å². The highest BCUT2D eigenvalue weighted by Gasteiger charge is 2.59. The van der Waals surface area contributed by atoms with Crippen LogP contribution in [0.25, 0.3) is 10.9 Å². The van der Waals surface area contributed by atoms with Crippen molar-refractivity contribution >= 4 is 10.9 Å². The van der Waals surface area contributed by atoms with Gasteiger partial charge in [0.1, 0.15) is 12.3 Å². The summed E-state index contributed by atoms with van der Waals surface area (Å²) in [4.78, 5) is 2.70. The molecule has 1 aromatic heterocycles. The first-order valence-corrected chi connectivity index (χ1v) is 9.74. The summed E-state index contributed by atoms with van der Waals surface area (Å²) in [5.74, 6) is 1.38. The van der Waals surface area contributed by atoms with E-state index >= 15 is 0 Å². The van der Waals surface area contributed by atoms with Crippen LogP contribution in [0.5, 0.6) is 0 Å². The minimum atomic E-state index is -0.282. The van der Waals surface area contributed by atoms with Gasteiger partial charge in [0.05, 0.1) is 11.2 Å². The second kappa shape index (κ2) is 5.57. The summed E-state index contributed by atoms with van der Waals surface area (Å²) >= 11 is 0. The number of aliphatic hydroxyl groups excluding tert-OH is 1. The number of rotatable bonds is 3. The van der Waals surface area contributed by atoms with Gasteiger partial charge < -0.3 is 14.4 Å². The normalized spacial score (nSPS) is 36.4. The van der Waals surface area contributed by atoms with E-state index in [0.29, 0.717) is 17.9 Å². The fraction of sp³-hybridized carbons (Fsp3) is 0.619. The Morgan fingerprint density at radius 1 is 1.32 bits per heavy atom. The van der Waals surface area contributed by atoms with Crippen molar-refractivity contribution < 1.29 is 9.84 Å². The summed E-state index contributed by atoms with van der Waals surface area (Å²) in [5, 5.41) is 11.6. The van der Waals surface area contributed by atoms with Gasteiger partial charge in [-0.25, -0.2) is 0 Å². The molecule has 134 valence electrons. The molecule has 4 bridgehead atoms. The third-order valence-corrected chi connectivity index (χ3v) is 7.19. The monoisotopic (exact) mass is 340 g/mol. The number of ether oxygens (including phenoxy) is 1. The predicted octanol–water partition coefficient (Wildman–Crippen LogP) is 3.11. The molecule has 2 saturated heterocycles. The van der Waals surface area contributed by atoms with Gasteiger partial charge in [-0.05, 0) is 42.7 Å². The number of hydrogen-bond donors (Lipinski definition) is 1. The lowest BCUT2D eigenvalue weighted by molar-refractivity contribution is -0.181. The third-order valence-electron chi connectivity index (χ3n) is 7.19. The molecule has 4 heterocycles. The van der Waals surface area contributed by atoms with E-state index in [-0.39, 0.29) is 12.3 Å². The average Bonchev–Trinajstić information content (AvgIpc) is 2.94. The first-order valence-electron chi connectivity index (χ1n) is 9.74. The number of para-hydroxylation sites is 1. The Labute approximate surface area is 149 Å². The van der Waals surface area contributed by atoms with Crippen molar-refractivity contribution in [1.82, 2.24) is 9.47 Å². The topological polar surface area (TPSA) is 37.6 Å². The zero-order valence-electron chi connectivity index (χ0n) is 15.2. The third kappa shape index (κ3) is 1.93. The molecule has 0 radical (unpaired) electrons. The maximum Gasteiger partial charge on any atom is 0.124 e. The number of fused-ring (bicyclic) bond motifs is 4. The molecule has 4 heteroatoms. The Bertz CT molecular complexity index is 814. The van der Waals surface area contributed by atoms with Crippen LogP contribution in [0.1, 0.15) is 37.4 Å². The van der Waals surface area contributed by atoms with Gasteiger partial charge in [-0.3, -0.25) is 4.90 Å². The second-order valence-corrected chi connectivity index (χ2v) is 8.17. The van der Waals surface area contributed by atoms with Crippen molar-refractivity contribution in [1.29, 1.82) is 0 Å². The van der Waals surface area contributed by atoms with Crippen LogP contribution < -0.4 is 0 Å². The summed E-state index contributed by atoms with van der Waals surface area (Å²) in [7, 11) is 1.89. The van der Waals surface area contributed by atoms with E-state index in [1.165, 1.54) is 36.0 Å². The molecule has 6 rings (SSSR count). The molecule has 0 unspecified atom stereocenters. The van der Waals surface area contributed by atoms with E-state index in [1.54, 1.807) is 0 Å². The number of piperidine rings is 2. The van der Waals surface area contributed by atoms with Crippen molar-refractivity contribution in [3.05, 3.63) is 35.5 Å². The highest BCUT2D eigenvalue weighted by atomic mass is 16.5. The fourth-order valence-corrected chi connectivity index (χ4v) is 6.42. The Morgan fingerprint density at radius 3 is 2.92 bits per heavy atom. The molecular weight excluding hydrogens is 312 g/mol. The molecule has 3 aliphatic heterocycles. The number of hydrogen-bond acceptors (Lipinski definition) is 3. The molecule has 0 spiro atoms. The van der Waals surface area contributed by atoms with Crippen LogP contribution in [0.4, 0.5) is 0 Å². The minimum Gasteiger partial charge on any atom is -0.376 e. The number of methoxy groups -OCH3 is 1. The molecule has 3 fully saturated rings. The summed E-state index contributed by atoms with van der Waals surface area (Å²) in [6, 6.07) is 8.97. The van der Waals surface area contributed by atoms with Crippen molar-refractivity contribution in [2.75, 3.05) is 20.2 Å². The Balaban J connectivity index is 1.82. The lowest BCUT2D eigenvalue weighted by Crippen LogP contribution is -2.65. The zero-order chi connectivity index (χ0) is 17.2. The van der Waals surface area contributed by atoms with E-state index in [1.807, 2.05) is 7.11 Å². The lowest BCUT2D eigenvalue weighted by atomic mass is 9.62. The van der Waals surface area contributed by atoms with Crippen molar-refractivity contribution in [3.8, 4) is 0 Å². The maximum absolute atomic E-state index is 10.3.